The van der Waals surface area contributed by atoms with Gasteiger partial charge in [-0.15, -0.1) is 0 Å². The van der Waals surface area contributed by atoms with Gasteiger partial charge in [0.2, 0.25) is 0 Å². The van der Waals surface area contributed by atoms with Gasteiger partial charge < -0.3 is 10.1 Å². The van der Waals surface area contributed by atoms with Crippen molar-refractivity contribution in [1.29, 1.82) is 0 Å². The summed E-state index contributed by atoms with van der Waals surface area (Å²) >= 11 is 0. The summed E-state index contributed by atoms with van der Waals surface area (Å²) in [6, 6.07) is 3.52. The Bertz CT molecular complexity index is 325. The van der Waals surface area contributed by atoms with Crippen molar-refractivity contribution in [3.8, 4) is 0 Å². The van der Waals surface area contributed by atoms with Crippen LogP contribution in [0.3, 0.4) is 0 Å². The Morgan fingerprint density at radius 1 is 1.38 bits per heavy atom. The molecule has 0 saturated heterocycles. The Kier molecular flexibility index (Phi) is 4.92. The van der Waals surface area contributed by atoms with Crippen LogP contribution in [0.25, 0.3) is 0 Å². The average molecular weight is 222 g/mol. The molecule has 0 bridgehead atoms. The lowest BCUT2D eigenvalue weighted by atomic mass is 10.2. The van der Waals surface area contributed by atoms with Crippen LogP contribution in [0, 0.1) is 0 Å². The van der Waals surface area contributed by atoms with E-state index in [4.69, 9.17) is 4.74 Å². The van der Waals surface area contributed by atoms with Crippen molar-refractivity contribution in [3.05, 3.63) is 30.1 Å². The molecule has 16 heavy (non-hydrogen) atoms. The van der Waals surface area contributed by atoms with Gasteiger partial charge in [0.25, 0.3) is 0 Å². The Balaban J connectivity index is 2.35. The van der Waals surface area contributed by atoms with E-state index in [1.54, 1.807) is 19.3 Å². The number of rotatable bonds is 5. The van der Waals surface area contributed by atoms with Crippen molar-refractivity contribution >= 4 is 5.97 Å². The molecular formula is C12H18N2O2. The van der Waals surface area contributed by atoms with Gasteiger partial charge in [0.1, 0.15) is 6.04 Å². The minimum atomic E-state index is -0.296. The molecule has 0 aliphatic carbocycles. The lowest BCUT2D eigenvalue weighted by Gasteiger charge is -2.15. The predicted molar refractivity (Wildman–Crippen MR) is 61.8 cm³/mol. The van der Waals surface area contributed by atoms with Gasteiger partial charge in [-0.1, -0.05) is 0 Å². The van der Waals surface area contributed by atoms with Gasteiger partial charge in [-0.05, 0) is 38.5 Å². The SMILES string of the molecule is CC(C)OC(=O)[C@H](C)NCc1ccncc1. The third kappa shape index (κ3) is 4.40. The minimum absolute atomic E-state index is 0.0716. The van der Waals surface area contributed by atoms with Crippen molar-refractivity contribution < 1.29 is 9.53 Å². The van der Waals surface area contributed by atoms with Gasteiger partial charge in [-0.3, -0.25) is 9.78 Å². The average Bonchev–Trinajstić information content (AvgIpc) is 2.26. The topological polar surface area (TPSA) is 51.2 Å². The van der Waals surface area contributed by atoms with Crippen LogP contribution in [-0.2, 0) is 16.1 Å². The van der Waals surface area contributed by atoms with Crippen molar-refractivity contribution in [2.75, 3.05) is 0 Å². The Morgan fingerprint density at radius 3 is 2.56 bits per heavy atom. The zero-order valence-electron chi connectivity index (χ0n) is 9.93. The van der Waals surface area contributed by atoms with E-state index in [0.29, 0.717) is 6.54 Å². The molecule has 1 heterocycles. The first-order valence-electron chi connectivity index (χ1n) is 5.42. The first-order valence-corrected chi connectivity index (χ1v) is 5.42. The Morgan fingerprint density at radius 2 is 2.00 bits per heavy atom. The molecule has 88 valence electrons. The molecule has 4 heteroatoms. The summed E-state index contributed by atoms with van der Waals surface area (Å²) in [6.45, 7) is 6.11. The third-order valence-electron chi connectivity index (χ3n) is 2.07. The Hall–Kier alpha value is -1.42. The smallest absolute Gasteiger partial charge is 0.323 e. The van der Waals surface area contributed by atoms with Gasteiger partial charge in [0, 0.05) is 18.9 Å². The van der Waals surface area contributed by atoms with E-state index in [9.17, 15) is 4.79 Å². The van der Waals surface area contributed by atoms with Crippen LogP contribution in [0.2, 0.25) is 0 Å². The van der Waals surface area contributed by atoms with E-state index in [1.165, 1.54) is 0 Å². The number of aromatic nitrogens is 1. The van der Waals surface area contributed by atoms with E-state index >= 15 is 0 Å². The summed E-state index contributed by atoms with van der Waals surface area (Å²) in [5.41, 5.74) is 1.10. The summed E-state index contributed by atoms with van der Waals surface area (Å²) in [7, 11) is 0. The lowest BCUT2D eigenvalue weighted by molar-refractivity contribution is -0.149. The minimum Gasteiger partial charge on any atom is -0.462 e. The second kappa shape index (κ2) is 6.23. The highest BCUT2D eigenvalue weighted by atomic mass is 16.5. The summed E-state index contributed by atoms with van der Waals surface area (Å²) < 4.78 is 5.09. The number of nitrogens with one attached hydrogen (secondary N) is 1. The quantitative estimate of drug-likeness (QED) is 0.767. The van der Waals surface area contributed by atoms with Gasteiger partial charge in [-0.25, -0.2) is 0 Å². The van der Waals surface area contributed by atoms with E-state index in [0.717, 1.165) is 5.56 Å². The monoisotopic (exact) mass is 222 g/mol. The molecule has 0 amide bonds. The standard InChI is InChI=1S/C12H18N2O2/c1-9(2)16-12(15)10(3)14-8-11-4-6-13-7-5-11/h4-7,9-10,14H,8H2,1-3H3/t10-/m0/s1. The van der Waals surface area contributed by atoms with Gasteiger partial charge in [-0.2, -0.15) is 0 Å². The van der Waals surface area contributed by atoms with Crippen LogP contribution in [0.1, 0.15) is 26.3 Å². The molecule has 1 aromatic rings. The number of pyridine rings is 1. The normalized spacial score (nSPS) is 12.5. The zero-order valence-corrected chi connectivity index (χ0v) is 9.93. The van der Waals surface area contributed by atoms with Crippen LogP contribution in [0.5, 0.6) is 0 Å². The molecule has 0 radical (unpaired) electrons. The van der Waals surface area contributed by atoms with Crippen molar-refractivity contribution in [1.82, 2.24) is 10.3 Å². The first-order chi connectivity index (χ1) is 7.59. The van der Waals surface area contributed by atoms with Gasteiger partial charge >= 0.3 is 5.97 Å². The van der Waals surface area contributed by atoms with E-state index in [2.05, 4.69) is 10.3 Å². The molecule has 0 spiro atoms. The number of nitrogens with zero attached hydrogens (tertiary/aromatic N) is 1. The van der Waals surface area contributed by atoms with Gasteiger partial charge in [0.15, 0.2) is 0 Å². The van der Waals surface area contributed by atoms with Crippen LogP contribution < -0.4 is 5.32 Å². The number of carbonyl (C=O) groups excluding carboxylic acids is 1. The molecular weight excluding hydrogens is 204 g/mol. The van der Waals surface area contributed by atoms with Crippen LogP contribution in [0.4, 0.5) is 0 Å². The summed E-state index contributed by atoms with van der Waals surface area (Å²) in [5.74, 6) is -0.218. The van der Waals surface area contributed by atoms with E-state index in [-0.39, 0.29) is 18.1 Å². The zero-order chi connectivity index (χ0) is 12.0. The molecule has 0 aliphatic rings. The molecule has 1 N–H and O–H groups in total. The molecule has 1 atom stereocenters. The molecule has 4 nitrogen and oxygen atoms in total. The van der Waals surface area contributed by atoms with E-state index < -0.39 is 0 Å². The number of hydrogen-bond acceptors (Lipinski definition) is 4. The summed E-state index contributed by atoms with van der Waals surface area (Å²) in [6.07, 6.45) is 3.39. The second-order valence-electron chi connectivity index (χ2n) is 3.94. The van der Waals surface area contributed by atoms with Gasteiger partial charge in [0.05, 0.1) is 6.10 Å². The van der Waals surface area contributed by atoms with E-state index in [1.807, 2.05) is 26.0 Å². The maximum Gasteiger partial charge on any atom is 0.323 e. The highest BCUT2D eigenvalue weighted by Gasteiger charge is 2.14. The number of hydrogen-bond donors (Lipinski definition) is 1. The number of carbonyl (C=O) groups is 1. The maximum atomic E-state index is 11.5. The predicted octanol–water partition coefficient (Wildman–Crippen LogP) is 1.51. The Labute approximate surface area is 96.0 Å². The van der Waals surface area contributed by atoms with Crippen molar-refractivity contribution in [2.24, 2.45) is 0 Å². The molecule has 0 saturated carbocycles. The van der Waals surface area contributed by atoms with Crippen LogP contribution >= 0.6 is 0 Å². The van der Waals surface area contributed by atoms with Crippen molar-refractivity contribution in [2.45, 2.75) is 39.5 Å². The van der Waals surface area contributed by atoms with Crippen molar-refractivity contribution in [3.63, 3.8) is 0 Å². The molecule has 0 aromatic carbocycles. The van der Waals surface area contributed by atoms with Crippen LogP contribution in [-0.4, -0.2) is 23.1 Å². The fourth-order valence-electron chi connectivity index (χ4n) is 1.19. The number of esters is 1. The van der Waals surface area contributed by atoms with Crippen LogP contribution in [0.15, 0.2) is 24.5 Å². The molecule has 1 aromatic heterocycles. The highest BCUT2D eigenvalue weighted by molar-refractivity contribution is 5.75. The summed E-state index contributed by atoms with van der Waals surface area (Å²) in [4.78, 5) is 15.4. The largest absolute Gasteiger partial charge is 0.462 e. The lowest BCUT2D eigenvalue weighted by Crippen LogP contribution is -2.36. The third-order valence-corrected chi connectivity index (χ3v) is 2.07. The highest BCUT2D eigenvalue weighted by Crippen LogP contribution is 1.98. The molecule has 0 aliphatic heterocycles. The fourth-order valence-corrected chi connectivity index (χ4v) is 1.19. The maximum absolute atomic E-state index is 11.5. The summed E-state index contributed by atoms with van der Waals surface area (Å²) in [5, 5.41) is 3.10. The molecule has 0 fully saturated rings. The fraction of sp³-hybridized carbons (Fsp3) is 0.500. The number of ether oxygens (including phenoxy) is 1. The first kappa shape index (κ1) is 12.6. The molecule has 0 unspecified atom stereocenters. The second-order valence-corrected chi connectivity index (χ2v) is 3.94. The molecule has 1 rings (SSSR count).